The van der Waals surface area contributed by atoms with E-state index in [-0.39, 0.29) is 23.2 Å². The maximum Gasteiger partial charge on any atom is 0.275 e. The molecular weight excluding hydrogens is 380 g/mol. The Labute approximate surface area is 163 Å². The van der Waals surface area contributed by atoms with Crippen molar-refractivity contribution in [3.8, 4) is 11.4 Å². The van der Waals surface area contributed by atoms with Gasteiger partial charge in [0, 0.05) is 18.0 Å². The highest BCUT2D eigenvalue weighted by molar-refractivity contribution is 6.04. The van der Waals surface area contributed by atoms with Gasteiger partial charge >= 0.3 is 0 Å². The van der Waals surface area contributed by atoms with Crippen molar-refractivity contribution >= 4 is 16.8 Å². The molecule has 9 heteroatoms. The smallest absolute Gasteiger partial charge is 0.275 e. The Balaban J connectivity index is 1.45. The monoisotopic (exact) mass is 395 g/mol. The van der Waals surface area contributed by atoms with Crippen molar-refractivity contribution in [3.63, 3.8) is 0 Å². The second-order valence-electron chi connectivity index (χ2n) is 6.85. The van der Waals surface area contributed by atoms with Gasteiger partial charge < -0.3 is 9.42 Å². The molecule has 7 nitrogen and oxygen atoms in total. The summed E-state index contributed by atoms with van der Waals surface area (Å²) >= 11 is 0. The van der Waals surface area contributed by atoms with Crippen LogP contribution in [0.5, 0.6) is 0 Å². The molecule has 1 fully saturated rings. The Hall–Kier alpha value is -3.62. The number of benzene rings is 2. The minimum absolute atomic E-state index is 0.0158. The standard InChI is InChI=1S/C20H15F2N5O2/c21-11-7-8-12(14(22)10-11)18-23-19(29-26-18)16-6-3-9-27(16)20(28)17-13-4-1-2-5-15(13)24-25-17/h1-2,4-5,7-8,10,16H,3,6,9H2,(H,24,25)/t16-/m1/s1. The largest absolute Gasteiger partial charge is 0.337 e. The maximum absolute atomic E-state index is 14.0. The molecule has 1 saturated heterocycles. The summed E-state index contributed by atoms with van der Waals surface area (Å²) in [7, 11) is 0. The van der Waals surface area contributed by atoms with E-state index in [9.17, 15) is 13.6 Å². The normalized spacial score (nSPS) is 16.6. The zero-order valence-corrected chi connectivity index (χ0v) is 15.1. The number of nitrogens with zero attached hydrogens (tertiary/aromatic N) is 4. The Bertz CT molecular complexity index is 1220. The summed E-state index contributed by atoms with van der Waals surface area (Å²) in [5, 5.41) is 11.6. The van der Waals surface area contributed by atoms with E-state index < -0.39 is 17.7 Å². The number of para-hydroxylation sites is 1. The molecule has 0 radical (unpaired) electrons. The van der Waals surface area contributed by atoms with Crippen molar-refractivity contribution in [2.24, 2.45) is 0 Å². The first kappa shape index (κ1) is 17.5. The van der Waals surface area contributed by atoms with Gasteiger partial charge in [-0.05, 0) is 31.0 Å². The summed E-state index contributed by atoms with van der Waals surface area (Å²) in [6, 6.07) is 10.1. The van der Waals surface area contributed by atoms with Crippen molar-refractivity contribution < 1.29 is 18.1 Å². The molecule has 0 bridgehead atoms. The summed E-state index contributed by atoms with van der Waals surface area (Å²) in [6.45, 7) is 0.521. The Morgan fingerprint density at radius 1 is 1.21 bits per heavy atom. The number of halogens is 2. The first-order chi connectivity index (χ1) is 14.1. The Kier molecular flexibility index (Phi) is 4.08. The molecule has 1 atom stereocenters. The lowest BCUT2D eigenvalue weighted by Gasteiger charge is -2.20. The van der Waals surface area contributed by atoms with E-state index in [1.54, 1.807) is 4.90 Å². The molecule has 1 N–H and O–H groups in total. The van der Waals surface area contributed by atoms with E-state index in [0.717, 1.165) is 29.5 Å². The van der Waals surface area contributed by atoms with Gasteiger partial charge in [-0.3, -0.25) is 9.89 Å². The van der Waals surface area contributed by atoms with Crippen LogP contribution in [0.2, 0.25) is 0 Å². The molecule has 5 rings (SSSR count). The lowest BCUT2D eigenvalue weighted by Crippen LogP contribution is -2.31. The topological polar surface area (TPSA) is 87.9 Å². The van der Waals surface area contributed by atoms with Crippen LogP contribution in [0.3, 0.4) is 0 Å². The summed E-state index contributed by atoms with van der Waals surface area (Å²) in [5.74, 6) is -1.47. The molecule has 1 aliphatic rings. The molecule has 0 unspecified atom stereocenters. The average Bonchev–Trinajstić information content (AvgIpc) is 3.46. The number of carbonyl (C=O) groups excluding carboxylic acids is 1. The maximum atomic E-state index is 14.0. The number of likely N-dealkylation sites (tertiary alicyclic amines) is 1. The lowest BCUT2D eigenvalue weighted by molar-refractivity contribution is 0.0706. The first-order valence-corrected chi connectivity index (χ1v) is 9.15. The predicted molar refractivity (Wildman–Crippen MR) is 98.8 cm³/mol. The molecule has 3 heterocycles. The first-order valence-electron chi connectivity index (χ1n) is 9.15. The van der Waals surface area contributed by atoms with Crippen molar-refractivity contribution in [3.05, 3.63) is 65.7 Å². The van der Waals surface area contributed by atoms with Crippen LogP contribution < -0.4 is 0 Å². The van der Waals surface area contributed by atoms with Crippen molar-refractivity contribution in [2.75, 3.05) is 6.54 Å². The summed E-state index contributed by atoms with van der Waals surface area (Å²) in [5.41, 5.74) is 1.14. The van der Waals surface area contributed by atoms with Crippen LogP contribution in [0.25, 0.3) is 22.3 Å². The number of aromatic amines is 1. The van der Waals surface area contributed by atoms with Gasteiger partial charge in [-0.25, -0.2) is 8.78 Å². The highest BCUT2D eigenvalue weighted by atomic mass is 19.1. The van der Waals surface area contributed by atoms with E-state index in [1.807, 2.05) is 24.3 Å². The number of fused-ring (bicyclic) bond motifs is 1. The number of carbonyl (C=O) groups is 1. The Morgan fingerprint density at radius 3 is 2.93 bits per heavy atom. The summed E-state index contributed by atoms with van der Waals surface area (Å²) < 4.78 is 32.5. The second kappa shape index (κ2) is 6.77. The zero-order chi connectivity index (χ0) is 20.0. The van der Waals surface area contributed by atoms with E-state index in [4.69, 9.17) is 4.52 Å². The van der Waals surface area contributed by atoms with E-state index in [1.165, 1.54) is 6.07 Å². The van der Waals surface area contributed by atoms with Crippen LogP contribution in [0.15, 0.2) is 47.0 Å². The molecule has 4 aromatic rings. The molecule has 146 valence electrons. The third-order valence-electron chi connectivity index (χ3n) is 5.09. The van der Waals surface area contributed by atoms with Gasteiger partial charge in [0.15, 0.2) is 5.69 Å². The fourth-order valence-corrected chi connectivity index (χ4v) is 3.68. The fourth-order valence-electron chi connectivity index (χ4n) is 3.68. The quantitative estimate of drug-likeness (QED) is 0.569. The summed E-state index contributed by atoms with van der Waals surface area (Å²) in [4.78, 5) is 19.0. The van der Waals surface area contributed by atoms with Crippen LogP contribution in [0.1, 0.15) is 35.3 Å². The molecule has 1 aliphatic heterocycles. The van der Waals surface area contributed by atoms with E-state index >= 15 is 0 Å². The van der Waals surface area contributed by atoms with Crippen LogP contribution in [-0.4, -0.2) is 37.7 Å². The fraction of sp³-hybridized carbons (Fsp3) is 0.200. The molecule has 0 spiro atoms. The number of rotatable bonds is 3. The number of hydrogen-bond donors (Lipinski definition) is 1. The number of aromatic nitrogens is 4. The predicted octanol–water partition coefficient (Wildman–Crippen LogP) is 3.87. The van der Waals surface area contributed by atoms with Crippen LogP contribution in [-0.2, 0) is 0 Å². The number of hydrogen-bond acceptors (Lipinski definition) is 5. The SMILES string of the molecule is O=C(c1n[nH]c2ccccc12)N1CCC[C@@H]1c1nc(-c2ccc(F)cc2F)no1. The van der Waals surface area contributed by atoms with Gasteiger partial charge in [-0.1, -0.05) is 23.4 Å². The third-order valence-corrected chi connectivity index (χ3v) is 5.09. The molecule has 2 aromatic carbocycles. The minimum Gasteiger partial charge on any atom is -0.337 e. The molecule has 0 aliphatic carbocycles. The lowest BCUT2D eigenvalue weighted by atomic mass is 10.1. The zero-order valence-electron chi connectivity index (χ0n) is 15.1. The van der Waals surface area contributed by atoms with Gasteiger partial charge in [0.05, 0.1) is 11.1 Å². The molecule has 2 aromatic heterocycles. The minimum atomic E-state index is -0.778. The second-order valence-corrected chi connectivity index (χ2v) is 6.85. The van der Waals surface area contributed by atoms with Gasteiger partial charge in [-0.15, -0.1) is 0 Å². The van der Waals surface area contributed by atoms with E-state index in [2.05, 4.69) is 20.3 Å². The molecule has 0 saturated carbocycles. The Morgan fingerprint density at radius 2 is 2.07 bits per heavy atom. The van der Waals surface area contributed by atoms with Crippen molar-refractivity contribution in [2.45, 2.75) is 18.9 Å². The number of nitrogens with one attached hydrogen (secondary N) is 1. The number of amides is 1. The van der Waals surface area contributed by atoms with Gasteiger partial charge in [0.2, 0.25) is 11.7 Å². The van der Waals surface area contributed by atoms with Crippen LogP contribution in [0.4, 0.5) is 8.78 Å². The highest BCUT2D eigenvalue weighted by Gasteiger charge is 2.36. The van der Waals surface area contributed by atoms with Crippen LogP contribution in [0, 0.1) is 11.6 Å². The molecular formula is C20H15F2N5O2. The third kappa shape index (κ3) is 2.95. The highest BCUT2D eigenvalue weighted by Crippen LogP contribution is 2.34. The van der Waals surface area contributed by atoms with E-state index in [0.29, 0.717) is 18.7 Å². The van der Waals surface area contributed by atoms with Crippen LogP contribution >= 0.6 is 0 Å². The van der Waals surface area contributed by atoms with Crippen molar-refractivity contribution in [1.29, 1.82) is 0 Å². The van der Waals surface area contributed by atoms with Crippen molar-refractivity contribution in [1.82, 2.24) is 25.2 Å². The number of H-pyrrole nitrogens is 1. The summed E-state index contributed by atoms with van der Waals surface area (Å²) in [6.07, 6.45) is 1.41. The van der Waals surface area contributed by atoms with Gasteiger partial charge in [0.1, 0.15) is 17.7 Å². The van der Waals surface area contributed by atoms with Gasteiger partial charge in [-0.2, -0.15) is 10.1 Å². The molecule has 29 heavy (non-hydrogen) atoms. The van der Waals surface area contributed by atoms with Gasteiger partial charge in [0.25, 0.3) is 5.91 Å². The average molecular weight is 395 g/mol. The molecule has 1 amide bonds.